The van der Waals surface area contributed by atoms with Crippen molar-refractivity contribution in [3.8, 4) is 17.3 Å². The zero-order valence-corrected chi connectivity index (χ0v) is 15.6. The first-order valence-electron chi connectivity index (χ1n) is 9.26. The summed E-state index contributed by atoms with van der Waals surface area (Å²) in [5.41, 5.74) is 2.02. The molecule has 0 unspecified atom stereocenters. The summed E-state index contributed by atoms with van der Waals surface area (Å²) in [5, 5.41) is 4.09. The molecule has 0 aromatic carbocycles. The van der Waals surface area contributed by atoms with Crippen molar-refractivity contribution in [2.24, 2.45) is 0 Å². The van der Waals surface area contributed by atoms with Crippen LogP contribution in [-0.4, -0.2) is 37.2 Å². The number of pyridine rings is 2. The predicted octanol–water partition coefficient (Wildman–Crippen LogP) is 3.48. The second-order valence-electron chi connectivity index (χ2n) is 7.06. The van der Waals surface area contributed by atoms with Crippen LogP contribution in [0.15, 0.2) is 47.4 Å². The minimum Gasteiger partial charge on any atom is -0.475 e. The number of rotatable bonds is 8. The van der Waals surface area contributed by atoms with Gasteiger partial charge in [-0.05, 0) is 50.5 Å². The van der Waals surface area contributed by atoms with Gasteiger partial charge >= 0.3 is 0 Å². The molecule has 0 saturated heterocycles. The third kappa shape index (κ3) is 4.68. The van der Waals surface area contributed by atoms with Crippen LogP contribution in [0.1, 0.15) is 38.1 Å². The highest BCUT2D eigenvalue weighted by molar-refractivity contribution is 5.51. The zero-order chi connectivity index (χ0) is 18.6. The van der Waals surface area contributed by atoms with E-state index in [1.54, 1.807) is 18.6 Å². The lowest BCUT2D eigenvalue weighted by Gasteiger charge is -2.20. The maximum Gasteiger partial charge on any atom is 0.241 e. The molecule has 3 aromatic rings. The summed E-state index contributed by atoms with van der Waals surface area (Å²) in [6.07, 6.45) is 7.77. The first-order chi connectivity index (χ1) is 13.2. The van der Waals surface area contributed by atoms with E-state index in [2.05, 4.69) is 25.0 Å². The molecule has 7 nitrogen and oxygen atoms in total. The lowest BCUT2D eigenvalue weighted by molar-refractivity contribution is 0.208. The Morgan fingerprint density at radius 3 is 2.85 bits per heavy atom. The van der Waals surface area contributed by atoms with Crippen LogP contribution in [0.4, 0.5) is 0 Å². The standard InChI is InChI=1S/C20H23N5O2/c1-14(2)26-18-10-15(7-9-22-18)12-25(17-5-6-17)13-19-23-20(24-27-19)16-4-3-8-21-11-16/h3-4,7-11,14,17H,5-6,12-13H2,1-2H3. The second-order valence-corrected chi connectivity index (χ2v) is 7.06. The molecule has 0 atom stereocenters. The Labute approximate surface area is 158 Å². The van der Waals surface area contributed by atoms with E-state index in [0.717, 1.165) is 12.1 Å². The molecule has 0 aliphatic heterocycles. The fraction of sp³-hybridized carbons (Fsp3) is 0.400. The van der Waals surface area contributed by atoms with Crippen LogP contribution in [0.3, 0.4) is 0 Å². The second kappa shape index (κ2) is 7.84. The van der Waals surface area contributed by atoms with Gasteiger partial charge < -0.3 is 9.26 Å². The van der Waals surface area contributed by atoms with E-state index in [1.165, 1.54) is 18.4 Å². The van der Waals surface area contributed by atoms with Crippen LogP contribution in [0, 0.1) is 0 Å². The fourth-order valence-corrected chi connectivity index (χ4v) is 2.95. The van der Waals surface area contributed by atoms with Crippen molar-refractivity contribution in [1.29, 1.82) is 0 Å². The van der Waals surface area contributed by atoms with Crippen molar-refractivity contribution < 1.29 is 9.26 Å². The van der Waals surface area contributed by atoms with Crippen LogP contribution >= 0.6 is 0 Å². The van der Waals surface area contributed by atoms with E-state index in [1.807, 2.05) is 38.1 Å². The highest BCUT2D eigenvalue weighted by atomic mass is 16.5. The molecule has 1 aliphatic carbocycles. The normalized spacial score (nSPS) is 14.1. The summed E-state index contributed by atoms with van der Waals surface area (Å²) in [4.78, 5) is 15.3. The summed E-state index contributed by atoms with van der Waals surface area (Å²) >= 11 is 0. The van der Waals surface area contributed by atoms with E-state index in [0.29, 0.717) is 30.2 Å². The molecule has 1 saturated carbocycles. The van der Waals surface area contributed by atoms with Crippen molar-refractivity contribution in [3.63, 3.8) is 0 Å². The topological polar surface area (TPSA) is 77.2 Å². The molecule has 27 heavy (non-hydrogen) atoms. The smallest absolute Gasteiger partial charge is 0.241 e. The quantitative estimate of drug-likeness (QED) is 0.605. The number of hydrogen-bond donors (Lipinski definition) is 0. The van der Waals surface area contributed by atoms with Crippen LogP contribution in [0.2, 0.25) is 0 Å². The Kier molecular flexibility index (Phi) is 5.11. The van der Waals surface area contributed by atoms with Crippen molar-refractivity contribution in [2.45, 2.75) is 51.9 Å². The molecule has 7 heteroatoms. The van der Waals surface area contributed by atoms with Gasteiger partial charge in [0.15, 0.2) is 0 Å². The molecule has 1 fully saturated rings. The van der Waals surface area contributed by atoms with Gasteiger partial charge in [-0.1, -0.05) is 5.16 Å². The minimum atomic E-state index is 0.108. The molecular weight excluding hydrogens is 342 g/mol. The van der Waals surface area contributed by atoms with E-state index in [-0.39, 0.29) is 6.10 Å². The SMILES string of the molecule is CC(C)Oc1cc(CN(Cc2nc(-c3cccnc3)no2)C2CC2)ccn1. The number of hydrogen-bond acceptors (Lipinski definition) is 7. The highest BCUT2D eigenvalue weighted by Crippen LogP contribution is 2.30. The average molecular weight is 365 g/mol. The minimum absolute atomic E-state index is 0.108. The van der Waals surface area contributed by atoms with Gasteiger partial charge in [-0.15, -0.1) is 0 Å². The van der Waals surface area contributed by atoms with Crippen molar-refractivity contribution in [1.82, 2.24) is 25.0 Å². The van der Waals surface area contributed by atoms with Gasteiger partial charge in [-0.2, -0.15) is 4.98 Å². The first-order valence-corrected chi connectivity index (χ1v) is 9.26. The molecular formula is C20H23N5O2. The van der Waals surface area contributed by atoms with Crippen LogP contribution in [0.5, 0.6) is 5.88 Å². The molecule has 3 heterocycles. The molecule has 0 N–H and O–H groups in total. The Hall–Kier alpha value is -2.80. The molecule has 3 aromatic heterocycles. The van der Waals surface area contributed by atoms with Crippen LogP contribution < -0.4 is 4.74 Å². The highest BCUT2D eigenvalue weighted by Gasteiger charge is 2.30. The van der Waals surface area contributed by atoms with E-state index < -0.39 is 0 Å². The molecule has 0 amide bonds. The third-order valence-electron chi connectivity index (χ3n) is 4.33. The molecule has 140 valence electrons. The zero-order valence-electron chi connectivity index (χ0n) is 15.6. The lowest BCUT2D eigenvalue weighted by atomic mass is 10.2. The largest absolute Gasteiger partial charge is 0.475 e. The van der Waals surface area contributed by atoms with Crippen LogP contribution in [0.25, 0.3) is 11.4 Å². The number of aromatic nitrogens is 4. The van der Waals surface area contributed by atoms with E-state index in [9.17, 15) is 0 Å². The van der Waals surface area contributed by atoms with Gasteiger partial charge in [0.25, 0.3) is 0 Å². The van der Waals surface area contributed by atoms with Gasteiger partial charge in [0.1, 0.15) is 0 Å². The van der Waals surface area contributed by atoms with Crippen LogP contribution in [-0.2, 0) is 13.1 Å². The Bertz CT molecular complexity index is 877. The maximum absolute atomic E-state index is 5.71. The van der Waals surface area contributed by atoms with Gasteiger partial charge in [0.05, 0.1) is 12.6 Å². The summed E-state index contributed by atoms with van der Waals surface area (Å²) in [5.74, 6) is 1.86. The van der Waals surface area contributed by atoms with Gasteiger partial charge in [-0.25, -0.2) is 4.98 Å². The molecule has 4 rings (SSSR count). The summed E-state index contributed by atoms with van der Waals surface area (Å²) < 4.78 is 11.2. The fourth-order valence-electron chi connectivity index (χ4n) is 2.95. The van der Waals surface area contributed by atoms with Gasteiger partial charge in [0.2, 0.25) is 17.6 Å². The third-order valence-corrected chi connectivity index (χ3v) is 4.33. The number of ether oxygens (including phenoxy) is 1. The Morgan fingerprint density at radius 2 is 2.11 bits per heavy atom. The summed E-state index contributed by atoms with van der Waals surface area (Å²) in [7, 11) is 0. The van der Waals surface area contributed by atoms with E-state index >= 15 is 0 Å². The maximum atomic E-state index is 5.71. The van der Waals surface area contributed by atoms with Crippen molar-refractivity contribution in [2.75, 3.05) is 0 Å². The summed E-state index contributed by atoms with van der Waals surface area (Å²) in [6.45, 7) is 5.42. The predicted molar refractivity (Wildman–Crippen MR) is 99.8 cm³/mol. The van der Waals surface area contributed by atoms with Gasteiger partial charge in [0, 0.05) is 42.8 Å². The Balaban J connectivity index is 1.46. The molecule has 0 bridgehead atoms. The molecule has 0 radical (unpaired) electrons. The number of nitrogens with zero attached hydrogens (tertiary/aromatic N) is 5. The van der Waals surface area contributed by atoms with E-state index in [4.69, 9.17) is 9.26 Å². The average Bonchev–Trinajstić information content (AvgIpc) is 3.41. The summed E-state index contributed by atoms with van der Waals surface area (Å²) in [6, 6.07) is 8.37. The Morgan fingerprint density at radius 1 is 1.22 bits per heavy atom. The van der Waals surface area contributed by atoms with Gasteiger partial charge in [-0.3, -0.25) is 9.88 Å². The lowest BCUT2D eigenvalue weighted by Crippen LogP contribution is -2.25. The molecule has 0 spiro atoms. The van der Waals surface area contributed by atoms with Crippen molar-refractivity contribution >= 4 is 0 Å². The van der Waals surface area contributed by atoms with Crippen molar-refractivity contribution in [3.05, 3.63) is 54.3 Å². The molecule has 1 aliphatic rings. The first kappa shape index (κ1) is 17.6. The monoisotopic (exact) mass is 365 g/mol.